The highest BCUT2D eigenvalue weighted by atomic mass is 32.2. The Bertz CT molecular complexity index is 1320. The first-order chi connectivity index (χ1) is 17.5. The number of carbonyl (C=O) groups is 1. The Kier molecular flexibility index (Phi) is 7.25. The molecule has 3 heterocycles. The zero-order valence-electron chi connectivity index (χ0n) is 20.8. The average molecular weight is 502 g/mol. The fourth-order valence-corrected chi connectivity index (χ4v) is 5.99. The number of imidazole rings is 1. The number of hydrogen-bond donors (Lipinski definition) is 2. The van der Waals surface area contributed by atoms with Gasteiger partial charge < -0.3 is 15.0 Å². The number of aromatic amines is 1. The molecule has 0 aliphatic carbocycles. The van der Waals surface area contributed by atoms with Crippen LogP contribution in [0.3, 0.4) is 0 Å². The molecule has 186 valence electrons. The lowest BCUT2D eigenvalue weighted by Gasteiger charge is -2.25. The number of pyridine rings is 1. The summed E-state index contributed by atoms with van der Waals surface area (Å²) in [7, 11) is 1.70. The first kappa shape index (κ1) is 24.3. The van der Waals surface area contributed by atoms with Gasteiger partial charge in [0.25, 0.3) is 0 Å². The van der Waals surface area contributed by atoms with Gasteiger partial charge in [-0.1, -0.05) is 36.0 Å². The van der Waals surface area contributed by atoms with E-state index in [2.05, 4.69) is 46.2 Å². The fraction of sp³-hybridized carbons (Fsp3) is 0.321. The number of H-pyrrole nitrogens is 1. The van der Waals surface area contributed by atoms with Gasteiger partial charge in [0.1, 0.15) is 5.75 Å². The summed E-state index contributed by atoms with van der Waals surface area (Å²) >= 11 is 1.72. The number of ether oxygens (including phenoxy) is 1. The van der Waals surface area contributed by atoms with E-state index in [0.717, 1.165) is 46.0 Å². The van der Waals surface area contributed by atoms with Crippen molar-refractivity contribution in [2.24, 2.45) is 0 Å². The van der Waals surface area contributed by atoms with E-state index in [1.807, 2.05) is 36.4 Å². The fourth-order valence-electron chi connectivity index (χ4n) is 4.81. The largest absolute Gasteiger partial charge is 0.496 e. The molecule has 5 rings (SSSR count). The summed E-state index contributed by atoms with van der Waals surface area (Å²) in [4.78, 5) is 28.0. The second-order valence-corrected chi connectivity index (χ2v) is 10.6. The normalized spacial score (nSPS) is 18.0. The maximum absolute atomic E-state index is 13.4. The van der Waals surface area contributed by atoms with E-state index in [4.69, 9.17) is 9.72 Å². The van der Waals surface area contributed by atoms with Crippen molar-refractivity contribution in [1.82, 2.24) is 25.2 Å². The van der Waals surface area contributed by atoms with Crippen LogP contribution < -0.4 is 10.1 Å². The van der Waals surface area contributed by atoms with Crippen molar-refractivity contribution in [2.45, 2.75) is 49.8 Å². The van der Waals surface area contributed by atoms with Gasteiger partial charge in [-0.05, 0) is 66.8 Å². The minimum atomic E-state index is -0.217. The number of benzene rings is 2. The summed E-state index contributed by atoms with van der Waals surface area (Å²) in [6, 6.07) is 16.0. The molecule has 1 amide bonds. The zero-order chi connectivity index (χ0) is 25.1. The minimum absolute atomic E-state index is 0.0504. The Labute approximate surface area is 215 Å². The highest BCUT2D eigenvalue weighted by Crippen LogP contribution is 2.34. The van der Waals surface area contributed by atoms with Gasteiger partial charge in [0, 0.05) is 37.3 Å². The molecular formula is C28H31N5O2S. The molecule has 1 fully saturated rings. The first-order valence-corrected chi connectivity index (χ1v) is 13.0. The van der Waals surface area contributed by atoms with Gasteiger partial charge in [-0.3, -0.25) is 14.7 Å². The van der Waals surface area contributed by atoms with Crippen LogP contribution in [0.25, 0.3) is 11.0 Å². The average Bonchev–Trinajstić information content (AvgIpc) is 3.48. The van der Waals surface area contributed by atoms with Crippen LogP contribution in [0.2, 0.25) is 0 Å². The molecule has 1 saturated heterocycles. The number of hydrogen-bond acceptors (Lipinski definition) is 6. The van der Waals surface area contributed by atoms with E-state index < -0.39 is 0 Å². The lowest BCUT2D eigenvalue weighted by atomic mass is 10.0. The van der Waals surface area contributed by atoms with Gasteiger partial charge in [0.2, 0.25) is 5.91 Å². The zero-order valence-corrected chi connectivity index (χ0v) is 21.6. The van der Waals surface area contributed by atoms with Gasteiger partial charge in [-0.15, -0.1) is 0 Å². The topological polar surface area (TPSA) is 83.1 Å². The number of carbonyl (C=O) groups excluding carboxylic acids is 1. The number of nitrogens with zero attached hydrogens (tertiary/aromatic N) is 3. The number of thioether (sulfide) groups is 1. The van der Waals surface area contributed by atoms with Crippen molar-refractivity contribution < 1.29 is 9.53 Å². The second kappa shape index (κ2) is 10.7. The van der Waals surface area contributed by atoms with Crippen LogP contribution in [-0.4, -0.2) is 50.7 Å². The molecule has 2 unspecified atom stereocenters. The highest BCUT2D eigenvalue weighted by Gasteiger charge is 2.37. The third-order valence-corrected chi connectivity index (χ3v) is 7.82. The standard InChI is InChI=1S/C28H31N5O2S/c1-18-12-26(35-3)19(2)11-21(18)16-33-17-22(36-28-31-23-8-4-5-9-24(23)32-28)13-25(33)27(34)30-15-20-7-6-10-29-14-20/h4-12,14,22,25H,13,15-17H2,1-3H3,(H,30,34)(H,31,32). The molecule has 2 aromatic heterocycles. The van der Waals surface area contributed by atoms with Gasteiger partial charge in [-0.25, -0.2) is 4.98 Å². The van der Waals surface area contributed by atoms with E-state index in [-0.39, 0.29) is 17.2 Å². The van der Waals surface area contributed by atoms with Gasteiger partial charge >= 0.3 is 0 Å². The molecule has 2 aromatic carbocycles. The summed E-state index contributed by atoms with van der Waals surface area (Å²) < 4.78 is 5.50. The summed E-state index contributed by atoms with van der Waals surface area (Å²) in [5, 5.41) is 4.28. The number of para-hydroxylation sites is 2. The van der Waals surface area contributed by atoms with Gasteiger partial charge in [-0.2, -0.15) is 0 Å². The molecule has 1 aliphatic heterocycles. The Morgan fingerprint density at radius 1 is 1.19 bits per heavy atom. The first-order valence-electron chi connectivity index (χ1n) is 12.2. The number of rotatable bonds is 8. The Morgan fingerprint density at radius 2 is 2.06 bits per heavy atom. The number of methoxy groups -OCH3 is 1. The number of nitrogens with one attached hydrogen (secondary N) is 2. The molecule has 1 aliphatic rings. The summed E-state index contributed by atoms with van der Waals surface area (Å²) in [5.74, 6) is 0.941. The lowest BCUT2D eigenvalue weighted by Crippen LogP contribution is -2.42. The van der Waals surface area contributed by atoms with Crippen LogP contribution in [0.4, 0.5) is 0 Å². The predicted octanol–water partition coefficient (Wildman–Crippen LogP) is 4.63. The molecule has 2 N–H and O–H groups in total. The Balaban J connectivity index is 1.34. The van der Waals surface area contributed by atoms with Crippen molar-refractivity contribution in [2.75, 3.05) is 13.7 Å². The predicted molar refractivity (Wildman–Crippen MR) is 143 cm³/mol. The van der Waals surface area contributed by atoms with Gasteiger partial charge in [0.05, 0.1) is 24.2 Å². The molecule has 0 bridgehead atoms. The Morgan fingerprint density at radius 3 is 2.83 bits per heavy atom. The van der Waals surface area contributed by atoms with E-state index >= 15 is 0 Å². The smallest absolute Gasteiger partial charge is 0.237 e. The number of aromatic nitrogens is 3. The monoisotopic (exact) mass is 501 g/mol. The molecular weight excluding hydrogens is 470 g/mol. The third-order valence-electron chi connectivity index (χ3n) is 6.73. The molecule has 0 saturated carbocycles. The van der Waals surface area contributed by atoms with Crippen molar-refractivity contribution in [1.29, 1.82) is 0 Å². The van der Waals surface area contributed by atoms with Crippen LogP contribution in [0, 0.1) is 13.8 Å². The molecule has 4 aromatic rings. The lowest BCUT2D eigenvalue weighted by molar-refractivity contribution is -0.125. The summed E-state index contributed by atoms with van der Waals surface area (Å²) in [5.41, 5.74) is 6.47. The van der Waals surface area contributed by atoms with Crippen molar-refractivity contribution in [3.05, 3.63) is 83.2 Å². The highest BCUT2D eigenvalue weighted by molar-refractivity contribution is 7.99. The van der Waals surface area contributed by atoms with E-state index in [0.29, 0.717) is 13.1 Å². The molecule has 2 atom stereocenters. The maximum atomic E-state index is 13.4. The van der Waals surface area contributed by atoms with Gasteiger partial charge in [0.15, 0.2) is 5.16 Å². The second-order valence-electron chi connectivity index (χ2n) is 9.31. The SMILES string of the molecule is COc1cc(C)c(CN2CC(Sc3nc4ccccc4[nH]3)CC2C(=O)NCc2cccnc2)cc1C. The number of aryl methyl sites for hydroxylation is 2. The summed E-state index contributed by atoms with van der Waals surface area (Å²) in [6.07, 6.45) is 4.29. The number of fused-ring (bicyclic) bond motifs is 1. The van der Waals surface area contributed by atoms with Crippen LogP contribution in [0.15, 0.2) is 66.1 Å². The minimum Gasteiger partial charge on any atom is -0.496 e. The molecule has 8 heteroatoms. The Hall–Kier alpha value is -3.36. The molecule has 0 radical (unpaired) electrons. The quantitative estimate of drug-likeness (QED) is 0.366. The molecule has 0 spiro atoms. The molecule has 7 nitrogen and oxygen atoms in total. The van der Waals surface area contributed by atoms with Crippen molar-refractivity contribution in [3.63, 3.8) is 0 Å². The van der Waals surface area contributed by atoms with E-state index in [1.54, 1.807) is 31.3 Å². The summed E-state index contributed by atoms with van der Waals surface area (Å²) in [6.45, 7) is 6.14. The maximum Gasteiger partial charge on any atom is 0.237 e. The number of amides is 1. The van der Waals surface area contributed by atoms with Crippen LogP contribution >= 0.6 is 11.8 Å². The van der Waals surface area contributed by atoms with E-state index in [9.17, 15) is 4.79 Å². The van der Waals surface area contributed by atoms with Crippen LogP contribution in [-0.2, 0) is 17.9 Å². The van der Waals surface area contributed by atoms with Crippen molar-refractivity contribution in [3.8, 4) is 5.75 Å². The molecule has 36 heavy (non-hydrogen) atoms. The van der Waals surface area contributed by atoms with Crippen LogP contribution in [0.1, 0.15) is 28.7 Å². The van der Waals surface area contributed by atoms with E-state index in [1.165, 1.54) is 11.1 Å². The van der Waals surface area contributed by atoms with Crippen molar-refractivity contribution >= 4 is 28.7 Å². The number of likely N-dealkylation sites (tertiary alicyclic amines) is 1. The van der Waals surface area contributed by atoms with Crippen LogP contribution in [0.5, 0.6) is 5.75 Å². The third kappa shape index (κ3) is 5.39.